The fourth-order valence-corrected chi connectivity index (χ4v) is 10.9. The van der Waals surface area contributed by atoms with E-state index in [1.807, 2.05) is 0 Å². The van der Waals surface area contributed by atoms with E-state index in [1.165, 1.54) is 96.6 Å². The summed E-state index contributed by atoms with van der Waals surface area (Å²) < 4.78 is 6.40. The lowest BCUT2D eigenvalue weighted by atomic mass is 9.44. The zero-order valence-electron chi connectivity index (χ0n) is 23.0. The van der Waals surface area contributed by atoms with Gasteiger partial charge in [0, 0.05) is 38.9 Å². The van der Waals surface area contributed by atoms with Crippen LogP contribution >= 0.6 is 0 Å². The summed E-state index contributed by atoms with van der Waals surface area (Å²) in [6.07, 6.45) is 20.1. The quantitative estimate of drug-likeness (QED) is 0.421. The van der Waals surface area contributed by atoms with E-state index in [0.717, 1.165) is 55.6 Å². The van der Waals surface area contributed by atoms with Gasteiger partial charge in [0.15, 0.2) is 5.72 Å². The molecule has 8 atom stereocenters. The Labute approximate surface area is 214 Å². The third-order valence-corrected chi connectivity index (χ3v) is 12.5. The predicted molar refractivity (Wildman–Crippen MR) is 141 cm³/mol. The van der Waals surface area contributed by atoms with E-state index in [1.54, 1.807) is 6.92 Å². The SMILES string of the molecule is CC(=O)OC1(N2CCCCC2)CCC2CC[C@@H]3[C@@H](CC[C@]4(C)CC(N5CCCCC5)C[C@@H]34)[C@@]2(C)C1. The number of carbonyl (C=O) groups is 1. The molecule has 4 aliphatic carbocycles. The molecule has 0 amide bonds. The van der Waals surface area contributed by atoms with Gasteiger partial charge in [0.1, 0.15) is 0 Å². The number of ether oxygens (including phenoxy) is 1. The van der Waals surface area contributed by atoms with Crippen molar-refractivity contribution in [1.29, 1.82) is 0 Å². The summed E-state index contributed by atoms with van der Waals surface area (Å²) in [5.74, 6) is 3.37. The van der Waals surface area contributed by atoms with Crippen molar-refractivity contribution in [3.8, 4) is 0 Å². The summed E-state index contributed by atoms with van der Waals surface area (Å²) in [4.78, 5) is 17.9. The standard InChI is InChI=1S/C31H52N2O2/c1-23(34)35-31(33-18-8-5-9-19-33)15-12-24-10-11-26-27(30(24,3)22-31)13-14-29(2)21-25(20-28(26)29)32-16-6-4-7-17-32/h24-28H,4-22H2,1-3H3/t24?,25?,26-,27-,28+,29-,30+,31?/m1/s1. The molecule has 0 radical (unpaired) electrons. The number of hydrogen-bond donors (Lipinski definition) is 0. The summed E-state index contributed by atoms with van der Waals surface area (Å²) in [6.45, 7) is 11.9. The second kappa shape index (κ2) is 9.29. The number of esters is 1. The summed E-state index contributed by atoms with van der Waals surface area (Å²) in [6, 6.07) is 0.842. The Hall–Kier alpha value is -0.610. The second-order valence-corrected chi connectivity index (χ2v) is 14.3. The molecule has 0 bridgehead atoms. The zero-order valence-corrected chi connectivity index (χ0v) is 23.0. The summed E-state index contributed by atoms with van der Waals surface area (Å²) >= 11 is 0. The van der Waals surface area contributed by atoms with Gasteiger partial charge in [-0.05, 0) is 118 Å². The fraction of sp³-hybridized carbons (Fsp3) is 0.968. The minimum atomic E-state index is -0.341. The molecule has 4 heteroatoms. The Bertz CT molecular complexity index is 789. The number of nitrogens with zero attached hydrogens (tertiary/aromatic N) is 2. The molecule has 2 saturated heterocycles. The van der Waals surface area contributed by atoms with Crippen molar-refractivity contribution in [2.24, 2.45) is 34.5 Å². The maximum absolute atomic E-state index is 12.4. The Morgan fingerprint density at radius 3 is 2.26 bits per heavy atom. The topological polar surface area (TPSA) is 32.8 Å². The first-order valence-electron chi connectivity index (χ1n) is 15.5. The van der Waals surface area contributed by atoms with Crippen molar-refractivity contribution in [1.82, 2.24) is 9.80 Å². The molecule has 35 heavy (non-hydrogen) atoms. The molecule has 0 aromatic heterocycles. The van der Waals surface area contributed by atoms with Gasteiger partial charge in [-0.15, -0.1) is 0 Å². The molecular weight excluding hydrogens is 432 g/mol. The van der Waals surface area contributed by atoms with E-state index in [9.17, 15) is 4.79 Å². The van der Waals surface area contributed by atoms with Gasteiger partial charge < -0.3 is 9.64 Å². The maximum atomic E-state index is 12.4. The number of likely N-dealkylation sites (tertiary alicyclic amines) is 2. The van der Waals surface area contributed by atoms with E-state index in [2.05, 4.69) is 23.6 Å². The highest BCUT2D eigenvalue weighted by Crippen LogP contribution is 2.68. The normalized spacial score (nSPS) is 49.1. The molecular formula is C31H52N2O2. The van der Waals surface area contributed by atoms with E-state index in [0.29, 0.717) is 10.8 Å². The van der Waals surface area contributed by atoms with Gasteiger partial charge in [0.25, 0.3) is 0 Å². The van der Waals surface area contributed by atoms with Crippen LogP contribution in [0.4, 0.5) is 0 Å². The van der Waals surface area contributed by atoms with Crippen LogP contribution in [0.3, 0.4) is 0 Å². The van der Waals surface area contributed by atoms with Gasteiger partial charge in [0.05, 0.1) is 0 Å². The first kappa shape index (κ1) is 24.7. The van der Waals surface area contributed by atoms with Gasteiger partial charge in [-0.1, -0.05) is 26.7 Å². The number of fused-ring (bicyclic) bond motifs is 5. The molecule has 4 nitrogen and oxygen atoms in total. The molecule has 6 aliphatic rings. The Morgan fingerprint density at radius 2 is 1.54 bits per heavy atom. The average molecular weight is 485 g/mol. The molecule has 4 saturated carbocycles. The number of hydrogen-bond acceptors (Lipinski definition) is 4. The van der Waals surface area contributed by atoms with E-state index < -0.39 is 0 Å². The molecule has 0 spiro atoms. The van der Waals surface area contributed by atoms with Crippen LogP contribution in [0, 0.1) is 34.5 Å². The van der Waals surface area contributed by atoms with Crippen LogP contribution in [0.25, 0.3) is 0 Å². The lowest BCUT2D eigenvalue weighted by molar-refractivity contribution is -0.231. The first-order chi connectivity index (χ1) is 16.8. The molecule has 0 aromatic carbocycles. The number of rotatable bonds is 3. The van der Waals surface area contributed by atoms with Gasteiger partial charge in [-0.2, -0.15) is 0 Å². The molecule has 3 unspecified atom stereocenters. The van der Waals surface area contributed by atoms with Crippen LogP contribution in [0.2, 0.25) is 0 Å². The third kappa shape index (κ3) is 4.21. The van der Waals surface area contributed by atoms with Gasteiger partial charge in [0.2, 0.25) is 0 Å². The Balaban J connectivity index is 1.26. The van der Waals surface area contributed by atoms with Crippen molar-refractivity contribution in [3.05, 3.63) is 0 Å². The highest BCUT2D eigenvalue weighted by molar-refractivity contribution is 5.66. The predicted octanol–water partition coefficient (Wildman–Crippen LogP) is 6.63. The largest absolute Gasteiger partial charge is 0.444 e. The number of piperidine rings is 2. The zero-order chi connectivity index (χ0) is 24.3. The molecule has 0 aromatic rings. The monoisotopic (exact) mass is 484 g/mol. The third-order valence-electron chi connectivity index (χ3n) is 12.5. The lowest BCUT2D eigenvalue weighted by Crippen LogP contribution is -2.62. The minimum Gasteiger partial charge on any atom is -0.444 e. The average Bonchev–Trinajstić information content (AvgIpc) is 3.22. The highest BCUT2D eigenvalue weighted by Gasteiger charge is 2.62. The van der Waals surface area contributed by atoms with Crippen LogP contribution in [0.15, 0.2) is 0 Å². The van der Waals surface area contributed by atoms with Crippen molar-refractivity contribution in [3.63, 3.8) is 0 Å². The smallest absolute Gasteiger partial charge is 0.304 e. The molecule has 2 aliphatic heterocycles. The van der Waals surface area contributed by atoms with Gasteiger partial charge in [-0.25, -0.2) is 0 Å². The van der Waals surface area contributed by atoms with E-state index in [4.69, 9.17) is 4.74 Å². The lowest BCUT2D eigenvalue weighted by Gasteiger charge is -2.63. The Kier molecular flexibility index (Phi) is 6.56. The molecule has 0 N–H and O–H groups in total. The number of carbonyl (C=O) groups excluding carboxylic acids is 1. The van der Waals surface area contributed by atoms with Crippen molar-refractivity contribution in [2.45, 2.75) is 129 Å². The molecule has 198 valence electrons. The summed E-state index contributed by atoms with van der Waals surface area (Å²) in [5.41, 5.74) is 0.533. The summed E-state index contributed by atoms with van der Waals surface area (Å²) in [7, 11) is 0. The van der Waals surface area contributed by atoms with Crippen LogP contribution in [0.5, 0.6) is 0 Å². The summed E-state index contributed by atoms with van der Waals surface area (Å²) in [5, 5.41) is 0. The Morgan fingerprint density at radius 1 is 0.829 bits per heavy atom. The maximum Gasteiger partial charge on any atom is 0.304 e. The van der Waals surface area contributed by atoms with Gasteiger partial charge >= 0.3 is 5.97 Å². The van der Waals surface area contributed by atoms with Crippen molar-refractivity contribution < 1.29 is 9.53 Å². The van der Waals surface area contributed by atoms with Gasteiger partial charge in [-0.3, -0.25) is 9.69 Å². The molecule has 6 fully saturated rings. The molecule has 6 rings (SSSR count). The van der Waals surface area contributed by atoms with E-state index in [-0.39, 0.29) is 11.7 Å². The van der Waals surface area contributed by atoms with Crippen LogP contribution in [-0.4, -0.2) is 53.7 Å². The first-order valence-corrected chi connectivity index (χ1v) is 15.5. The van der Waals surface area contributed by atoms with Crippen LogP contribution in [-0.2, 0) is 9.53 Å². The highest BCUT2D eigenvalue weighted by atomic mass is 16.6. The second-order valence-electron chi connectivity index (χ2n) is 14.3. The van der Waals surface area contributed by atoms with Crippen molar-refractivity contribution >= 4 is 5.97 Å². The van der Waals surface area contributed by atoms with Crippen LogP contribution < -0.4 is 0 Å². The molecule has 2 heterocycles. The minimum absolute atomic E-state index is 0.0682. The van der Waals surface area contributed by atoms with Crippen molar-refractivity contribution in [2.75, 3.05) is 26.2 Å². The van der Waals surface area contributed by atoms with E-state index >= 15 is 0 Å². The fourth-order valence-electron chi connectivity index (χ4n) is 10.9. The van der Waals surface area contributed by atoms with Crippen LogP contribution in [0.1, 0.15) is 117 Å².